The van der Waals surface area contributed by atoms with Gasteiger partial charge in [0.1, 0.15) is 12.1 Å². The van der Waals surface area contributed by atoms with E-state index >= 15 is 0 Å². The molecule has 0 spiro atoms. The molecule has 0 aliphatic carbocycles. The van der Waals surface area contributed by atoms with Crippen LogP contribution in [0.15, 0.2) is 0 Å². The summed E-state index contributed by atoms with van der Waals surface area (Å²) in [6.45, 7) is 0.586. The summed E-state index contributed by atoms with van der Waals surface area (Å²) in [7, 11) is 0. The van der Waals surface area contributed by atoms with E-state index in [0.717, 1.165) is 0 Å². The fourth-order valence-electron chi connectivity index (χ4n) is 2.84. The lowest BCUT2D eigenvalue weighted by Crippen LogP contribution is -2.64. The second-order valence-electron chi connectivity index (χ2n) is 5.14. The van der Waals surface area contributed by atoms with Crippen LogP contribution in [-0.2, 0) is 9.59 Å². The molecule has 2 saturated heterocycles. The minimum absolute atomic E-state index is 0.132. The summed E-state index contributed by atoms with van der Waals surface area (Å²) < 4.78 is 51.0. The molecule has 8 heteroatoms. The van der Waals surface area contributed by atoms with E-state index in [0.29, 0.717) is 24.3 Å². The quantitative estimate of drug-likeness (QED) is 0.738. The molecule has 0 radical (unpaired) electrons. The number of fused-ring (bicyclic) bond motifs is 1. The van der Waals surface area contributed by atoms with E-state index in [1.807, 2.05) is 0 Å². The third kappa shape index (κ3) is 2.35. The fourth-order valence-corrected chi connectivity index (χ4v) is 2.84. The van der Waals surface area contributed by atoms with Crippen LogP contribution in [0.1, 0.15) is 26.2 Å². The Morgan fingerprint density at radius 2 is 1.95 bits per heavy atom. The highest BCUT2D eigenvalue weighted by molar-refractivity contribution is 5.97. The Kier molecular flexibility index (Phi) is 3.93. The first kappa shape index (κ1) is 15.1. The first-order valence-corrected chi connectivity index (χ1v) is 6.56. The molecule has 0 aromatic heterocycles. The summed E-state index contributed by atoms with van der Waals surface area (Å²) in [6, 6.07) is -1.83. The van der Waals surface area contributed by atoms with Crippen molar-refractivity contribution in [2.75, 3.05) is 13.1 Å². The normalized spacial score (nSPS) is 27.5. The molecule has 0 saturated carbocycles. The van der Waals surface area contributed by atoms with E-state index in [-0.39, 0.29) is 6.42 Å². The minimum atomic E-state index is -4.30. The Hall–Kier alpha value is -1.34. The Morgan fingerprint density at radius 3 is 2.50 bits per heavy atom. The molecule has 0 aromatic rings. The highest BCUT2D eigenvalue weighted by atomic mass is 19.3. The molecule has 2 rings (SSSR count). The number of carbonyl (C=O) groups excluding carboxylic acids is 2. The first-order chi connectivity index (χ1) is 9.29. The van der Waals surface area contributed by atoms with Crippen LogP contribution in [-0.4, -0.2) is 59.1 Å². The standard InChI is InChI=1S/C12H16F4N2O2/c1-2-7-9(19)17-5-3-4-8(17)10(20)18(7)6-12(15,16)11(13)14/h7-8,11H,2-6H2,1H3. The predicted octanol–water partition coefficient (Wildman–Crippen LogP) is 1.50. The molecular weight excluding hydrogens is 280 g/mol. The third-order valence-electron chi connectivity index (χ3n) is 3.85. The molecule has 0 N–H and O–H groups in total. The average Bonchev–Trinajstić information content (AvgIpc) is 2.85. The van der Waals surface area contributed by atoms with E-state index in [4.69, 9.17) is 0 Å². The fraction of sp³-hybridized carbons (Fsp3) is 0.833. The largest absolute Gasteiger partial charge is 0.329 e. The zero-order valence-electron chi connectivity index (χ0n) is 11.0. The number of hydrogen-bond donors (Lipinski definition) is 0. The third-order valence-corrected chi connectivity index (χ3v) is 3.85. The maximum absolute atomic E-state index is 13.2. The van der Waals surface area contributed by atoms with Crippen molar-refractivity contribution in [1.82, 2.24) is 9.80 Å². The number of hydrogen-bond acceptors (Lipinski definition) is 2. The summed E-state index contributed by atoms with van der Waals surface area (Å²) >= 11 is 0. The molecule has 20 heavy (non-hydrogen) atoms. The number of amides is 2. The molecule has 114 valence electrons. The van der Waals surface area contributed by atoms with E-state index < -0.39 is 42.8 Å². The molecule has 2 aliphatic rings. The second kappa shape index (κ2) is 5.21. The van der Waals surface area contributed by atoms with Crippen molar-refractivity contribution in [3.05, 3.63) is 0 Å². The Morgan fingerprint density at radius 1 is 1.30 bits per heavy atom. The number of halogens is 4. The highest BCUT2D eigenvalue weighted by Gasteiger charge is 2.52. The zero-order chi connectivity index (χ0) is 15.1. The van der Waals surface area contributed by atoms with E-state index in [9.17, 15) is 27.2 Å². The number of rotatable bonds is 4. The van der Waals surface area contributed by atoms with Crippen molar-refractivity contribution < 1.29 is 27.2 Å². The van der Waals surface area contributed by atoms with Gasteiger partial charge in [0.25, 0.3) is 0 Å². The van der Waals surface area contributed by atoms with Crippen molar-refractivity contribution in [2.45, 2.75) is 50.6 Å². The van der Waals surface area contributed by atoms with Crippen molar-refractivity contribution in [2.24, 2.45) is 0 Å². The molecule has 2 unspecified atom stereocenters. The van der Waals surface area contributed by atoms with Crippen LogP contribution in [0.3, 0.4) is 0 Å². The number of alkyl halides is 4. The molecule has 0 aromatic carbocycles. The molecule has 2 amide bonds. The summed E-state index contributed by atoms with van der Waals surface area (Å²) in [6.07, 6.45) is -2.70. The van der Waals surface area contributed by atoms with Gasteiger partial charge in [-0.3, -0.25) is 9.59 Å². The van der Waals surface area contributed by atoms with Gasteiger partial charge in [-0.2, -0.15) is 8.78 Å². The van der Waals surface area contributed by atoms with E-state index in [1.54, 1.807) is 6.92 Å². The average molecular weight is 296 g/mol. The van der Waals surface area contributed by atoms with Gasteiger partial charge in [-0.15, -0.1) is 0 Å². The number of carbonyl (C=O) groups is 2. The molecule has 2 atom stereocenters. The van der Waals surface area contributed by atoms with Crippen LogP contribution < -0.4 is 0 Å². The Balaban J connectivity index is 2.25. The summed E-state index contributed by atoms with van der Waals surface area (Å²) in [4.78, 5) is 26.3. The van der Waals surface area contributed by atoms with Gasteiger partial charge < -0.3 is 9.80 Å². The van der Waals surface area contributed by atoms with Crippen LogP contribution in [0.5, 0.6) is 0 Å². The van der Waals surface area contributed by atoms with Crippen molar-refractivity contribution >= 4 is 11.8 Å². The van der Waals surface area contributed by atoms with Gasteiger partial charge in [0.2, 0.25) is 11.8 Å². The summed E-state index contributed by atoms with van der Waals surface area (Å²) in [5, 5.41) is 0. The highest BCUT2D eigenvalue weighted by Crippen LogP contribution is 2.32. The van der Waals surface area contributed by atoms with Crippen molar-refractivity contribution in [3.8, 4) is 0 Å². The maximum Gasteiger partial charge on any atom is 0.324 e. The molecule has 2 aliphatic heterocycles. The topological polar surface area (TPSA) is 40.6 Å². The van der Waals surface area contributed by atoms with Crippen LogP contribution in [0.4, 0.5) is 17.6 Å². The monoisotopic (exact) mass is 296 g/mol. The van der Waals surface area contributed by atoms with Gasteiger partial charge >= 0.3 is 12.3 Å². The molecular formula is C12H16F4N2O2. The number of piperazine rings is 1. The maximum atomic E-state index is 13.2. The summed E-state index contributed by atoms with van der Waals surface area (Å²) in [5.41, 5.74) is 0. The molecule has 4 nitrogen and oxygen atoms in total. The van der Waals surface area contributed by atoms with E-state index in [2.05, 4.69) is 0 Å². The zero-order valence-corrected chi connectivity index (χ0v) is 11.0. The van der Waals surface area contributed by atoms with Crippen LogP contribution >= 0.6 is 0 Å². The lowest BCUT2D eigenvalue weighted by Gasteiger charge is -2.43. The second-order valence-corrected chi connectivity index (χ2v) is 5.14. The Labute approximate surface area is 113 Å². The summed E-state index contributed by atoms with van der Waals surface area (Å²) in [5.74, 6) is -5.36. The molecule has 2 heterocycles. The van der Waals surface area contributed by atoms with Gasteiger partial charge in [0.15, 0.2) is 0 Å². The van der Waals surface area contributed by atoms with Crippen molar-refractivity contribution in [1.29, 1.82) is 0 Å². The SMILES string of the molecule is CCC1C(=O)N2CCCC2C(=O)N1CC(F)(F)C(F)F. The van der Waals surface area contributed by atoms with Gasteiger partial charge in [-0.25, -0.2) is 8.78 Å². The van der Waals surface area contributed by atoms with Gasteiger partial charge in [-0.05, 0) is 19.3 Å². The van der Waals surface area contributed by atoms with Crippen LogP contribution in [0, 0.1) is 0 Å². The van der Waals surface area contributed by atoms with E-state index in [1.165, 1.54) is 4.90 Å². The lowest BCUT2D eigenvalue weighted by atomic mass is 10.0. The lowest BCUT2D eigenvalue weighted by molar-refractivity contribution is -0.176. The van der Waals surface area contributed by atoms with Gasteiger partial charge in [0, 0.05) is 6.54 Å². The minimum Gasteiger partial charge on any atom is -0.329 e. The predicted molar refractivity (Wildman–Crippen MR) is 61.5 cm³/mol. The number of nitrogens with zero attached hydrogens (tertiary/aromatic N) is 2. The van der Waals surface area contributed by atoms with Gasteiger partial charge in [-0.1, -0.05) is 6.92 Å². The van der Waals surface area contributed by atoms with Crippen LogP contribution in [0.2, 0.25) is 0 Å². The molecule has 2 fully saturated rings. The van der Waals surface area contributed by atoms with Gasteiger partial charge in [0.05, 0.1) is 6.54 Å². The van der Waals surface area contributed by atoms with Crippen LogP contribution in [0.25, 0.3) is 0 Å². The smallest absolute Gasteiger partial charge is 0.324 e. The Bertz CT molecular complexity index is 416. The first-order valence-electron chi connectivity index (χ1n) is 6.56. The van der Waals surface area contributed by atoms with Crippen molar-refractivity contribution in [3.63, 3.8) is 0 Å². The molecule has 0 bridgehead atoms.